The monoisotopic (exact) mass is 167 g/mol. The van der Waals surface area contributed by atoms with Gasteiger partial charge >= 0.3 is 0 Å². The minimum Gasteiger partial charge on any atom is -0.478 e. The summed E-state index contributed by atoms with van der Waals surface area (Å²) in [6.07, 6.45) is 1.67. The van der Waals surface area contributed by atoms with Gasteiger partial charge in [-0.2, -0.15) is 0 Å². The van der Waals surface area contributed by atoms with E-state index in [4.69, 9.17) is 10.6 Å². The largest absolute Gasteiger partial charge is 0.478 e. The van der Waals surface area contributed by atoms with E-state index in [-0.39, 0.29) is 0 Å². The fourth-order valence-corrected chi connectivity index (χ4v) is 0.814. The number of aromatic nitrogens is 1. The molecule has 2 N–H and O–H groups in total. The number of hydrazine groups is 1. The highest BCUT2D eigenvalue weighted by molar-refractivity contribution is 5.42. The standard InChI is InChI=1S/C8H13N3O/c1-3-12-8-5-4-7(6-10-8)11(2)9/h4-6H,3,9H2,1-2H3. The molecular formula is C8H13N3O. The molecule has 0 fully saturated rings. The SMILES string of the molecule is CCOc1ccc(N(C)N)cn1. The van der Waals surface area contributed by atoms with Gasteiger partial charge in [0.05, 0.1) is 18.5 Å². The highest BCUT2D eigenvalue weighted by Crippen LogP contribution is 2.12. The maximum Gasteiger partial charge on any atom is 0.213 e. The summed E-state index contributed by atoms with van der Waals surface area (Å²) >= 11 is 0. The summed E-state index contributed by atoms with van der Waals surface area (Å²) in [7, 11) is 1.76. The molecule has 4 heteroatoms. The molecule has 0 aromatic carbocycles. The Kier molecular flexibility index (Phi) is 2.88. The van der Waals surface area contributed by atoms with Gasteiger partial charge in [-0.05, 0) is 13.0 Å². The molecule has 66 valence electrons. The molecule has 1 aromatic rings. The molecule has 4 nitrogen and oxygen atoms in total. The van der Waals surface area contributed by atoms with Gasteiger partial charge < -0.3 is 9.75 Å². The predicted octanol–water partition coefficient (Wildman–Crippen LogP) is 0.790. The van der Waals surface area contributed by atoms with Gasteiger partial charge in [-0.3, -0.25) is 0 Å². The van der Waals surface area contributed by atoms with Crippen LogP contribution in [0.15, 0.2) is 18.3 Å². The zero-order valence-electron chi connectivity index (χ0n) is 7.32. The Morgan fingerprint density at radius 1 is 1.58 bits per heavy atom. The molecular weight excluding hydrogens is 154 g/mol. The molecule has 0 aliphatic heterocycles. The highest BCUT2D eigenvalue weighted by Gasteiger charge is 1.96. The van der Waals surface area contributed by atoms with Crippen LogP contribution in [0, 0.1) is 0 Å². The van der Waals surface area contributed by atoms with Gasteiger partial charge in [0.15, 0.2) is 0 Å². The van der Waals surface area contributed by atoms with E-state index in [2.05, 4.69) is 4.98 Å². The van der Waals surface area contributed by atoms with Crippen molar-refractivity contribution in [3.05, 3.63) is 18.3 Å². The third-order valence-corrected chi connectivity index (χ3v) is 1.42. The number of anilines is 1. The van der Waals surface area contributed by atoms with Crippen LogP contribution in [0.4, 0.5) is 5.69 Å². The van der Waals surface area contributed by atoms with E-state index in [0.717, 1.165) is 5.69 Å². The average Bonchev–Trinajstić information content (AvgIpc) is 2.06. The van der Waals surface area contributed by atoms with E-state index in [1.807, 2.05) is 13.0 Å². The molecule has 1 rings (SSSR count). The Morgan fingerprint density at radius 2 is 2.33 bits per heavy atom. The second-order valence-electron chi connectivity index (χ2n) is 2.40. The number of nitrogens with zero attached hydrogens (tertiary/aromatic N) is 2. The maximum atomic E-state index is 5.49. The minimum absolute atomic E-state index is 0.628. The third kappa shape index (κ3) is 2.10. The second-order valence-corrected chi connectivity index (χ2v) is 2.40. The quantitative estimate of drug-likeness (QED) is 0.534. The van der Waals surface area contributed by atoms with E-state index in [0.29, 0.717) is 12.5 Å². The fourth-order valence-electron chi connectivity index (χ4n) is 0.814. The lowest BCUT2D eigenvalue weighted by Gasteiger charge is -2.11. The molecule has 0 radical (unpaired) electrons. The third-order valence-electron chi connectivity index (χ3n) is 1.42. The lowest BCUT2D eigenvalue weighted by Crippen LogP contribution is -2.24. The fraction of sp³-hybridized carbons (Fsp3) is 0.375. The lowest BCUT2D eigenvalue weighted by atomic mass is 10.4. The van der Waals surface area contributed by atoms with Crippen molar-refractivity contribution >= 4 is 5.69 Å². The molecule has 0 spiro atoms. The summed E-state index contributed by atoms with van der Waals surface area (Å²) in [6.45, 7) is 2.55. The van der Waals surface area contributed by atoms with Crippen molar-refractivity contribution in [2.75, 3.05) is 18.7 Å². The Bertz CT molecular complexity index is 233. The number of nitrogens with two attached hydrogens (primary N) is 1. The van der Waals surface area contributed by atoms with E-state index >= 15 is 0 Å². The summed E-state index contributed by atoms with van der Waals surface area (Å²) in [5.41, 5.74) is 0.860. The number of ether oxygens (including phenoxy) is 1. The molecule has 0 atom stereocenters. The summed E-state index contributed by atoms with van der Waals surface area (Å²) in [5, 5.41) is 1.50. The van der Waals surface area contributed by atoms with Gasteiger partial charge in [0.25, 0.3) is 0 Å². The number of hydrogen-bond acceptors (Lipinski definition) is 4. The molecule has 0 aliphatic rings. The molecule has 1 heterocycles. The van der Waals surface area contributed by atoms with E-state index in [1.165, 1.54) is 5.01 Å². The zero-order chi connectivity index (χ0) is 8.97. The van der Waals surface area contributed by atoms with E-state index < -0.39 is 0 Å². The summed E-state index contributed by atoms with van der Waals surface area (Å²) in [6, 6.07) is 3.65. The average molecular weight is 167 g/mol. The van der Waals surface area contributed by atoms with Crippen molar-refractivity contribution in [3.8, 4) is 5.88 Å². The molecule has 0 unspecified atom stereocenters. The van der Waals surface area contributed by atoms with Crippen molar-refractivity contribution in [2.24, 2.45) is 5.84 Å². The van der Waals surface area contributed by atoms with Crippen LogP contribution in [0.5, 0.6) is 5.88 Å². The van der Waals surface area contributed by atoms with Gasteiger partial charge in [-0.15, -0.1) is 0 Å². The van der Waals surface area contributed by atoms with Crippen LogP contribution in [0.1, 0.15) is 6.92 Å². The van der Waals surface area contributed by atoms with Gasteiger partial charge in [0, 0.05) is 13.1 Å². The summed E-state index contributed by atoms with van der Waals surface area (Å²) in [5.74, 6) is 6.12. The number of rotatable bonds is 3. The van der Waals surface area contributed by atoms with E-state index in [1.54, 1.807) is 19.3 Å². The van der Waals surface area contributed by atoms with Crippen molar-refractivity contribution in [1.29, 1.82) is 0 Å². The Balaban J connectivity index is 2.71. The number of hydrogen-bond donors (Lipinski definition) is 1. The molecule has 0 bridgehead atoms. The van der Waals surface area contributed by atoms with Crippen LogP contribution in [0.25, 0.3) is 0 Å². The maximum absolute atomic E-state index is 5.49. The molecule has 0 saturated carbocycles. The topological polar surface area (TPSA) is 51.4 Å². The van der Waals surface area contributed by atoms with Gasteiger partial charge in [-0.1, -0.05) is 0 Å². The molecule has 1 aromatic heterocycles. The first-order valence-electron chi connectivity index (χ1n) is 3.81. The Morgan fingerprint density at radius 3 is 2.75 bits per heavy atom. The molecule has 0 saturated heterocycles. The van der Waals surface area contributed by atoms with Crippen molar-refractivity contribution in [2.45, 2.75) is 6.92 Å². The van der Waals surface area contributed by atoms with Crippen molar-refractivity contribution in [1.82, 2.24) is 4.98 Å². The second kappa shape index (κ2) is 3.92. The van der Waals surface area contributed by atoms with Crippen LogP contribution < -0.4 is 15.6 Å². The molecule has 0 amide bonds. The predicted molar refractivity (Wildman–Crippen MR) is 48.0 cm³/mol. The Hall–Kier alpha value is -1.29. The smallest absolute Gasteiger partial charge is 0.213 e. The first kappa shape index (κ1) is 8.80. The summed E-state index contributed by atoms with van der Waals surface area (Å²) in [4.78, 5) is 4.05. The van der Waals surface area contributed by atoms with Crippen LogP contribution in [-0.2, 0) is 0 Å². The van der Waals surface area contributed by atoms with Crippen LogP contribution >= 0.6 is 0 Å². The zero-order valence-corrected chi connectivity index (χ0v) is 7.32. The van der Waals surface area contributed by atoms with Gasteiger partial charge in [-0.25, -0.2) is 10.8 Å². The van der Waals surface area contributed by atoms with Crippen molar-refractivity contribution in [3.63, 3.8) is 0 Å². The highest BCUT2D eigenvalue weighted by atomic mass is 16.5. The Labute approximate surface area is 71.9 Å². The molecule has 0 aliphatic carbocycles. The number of pyridine rings is 1. The lowest BCUT2D eigenvalue weighted by molar-refractivity contribution is 0.327. The minimum atomic E-state index is 0.628. The van der Waals surface area contributed by atoms with Gasteiger partial charge in [0.2, 0.25) is 5.88 Å². The van der Waals surface area contributed by atoms with Crippen LogP contribution in [0.2, 0.25) is 0 Å². The summed E-state index contributed by atoms with van der Waals surface area (Å²) < 4.78 is 5.17. The van der Waals surface area contributed by atoms with Crippen LogP contribution in [0.3, 0.4) is 0 Å². The first-order chi connectivity index (χ1) is 5.74. The van der Waals surface area contributed by atoms with Gasteiger partial charge in [0.1, 0.15) is 0 Å². The normalized spacial score (nSPS) is 9.58. The molecule has 12 heavy (non-hydrogen) atoms. The first-order valence-corrected chi connectivity index (χ1v) is 3.81. The van der Waals surface area contributed by atoms with E-state index in [9.17, 15) is 0 Å². The van der Waals surface area contributed by atoms with Crippen molar-refractivity contribution < 1.29 is 4.74 Å². The van der Waals surface area contributed by atoms with Crippen LogP contribution in [-0.4, -0.2) is 18.6 Å².